The second-order valence-electron chi connectivity index (χ2n) is 8.14. The Kier molecular flexibility index (Phi) is 3.92. The van der Waals surface area contributed by atoms with E-state index in [1.807, 2.05) is 21.4 Å². The first-order valence-electron chi connectivity index (χ1n) is 9.03. The Labute approximate surface area is 161 Å². The van der Waals surface area contributed by atoms with Crippen molar-refractivity contribution in [2.45, 2.75) is 33.4 Å². The van der Waals surface area contributed by atoms with Crippen LogP contribution in [0.15, 0.2) is 47.4 Å². The highest BCUT2D eigenvalue weighted by molar-refractivity contribution is 5.87. The number of phenols is 1. The number of carboxylic acid groups (broad SMARTS) is 1. The van der Waals surface area contributed by atoms with E-state index in [2.05, 4.69) is 25.9 Å². The van der Waals surface area contributed by atoms with Crippen LogP contribution in [0.3, 0.4) is 0 Å². The zero-order valence-corrected chi connectivity index (χ0v) is 15.9. The number of para-hydroxylation sites is 1. The lowest BCUT2D eigenvalue weighted by atomic mass is 9.85. The van der Waals surface area contributed by atoms with Gasteiger partial charge >= 0.3 is 5.97 Å². The molecule has 3 heterocycles. The van der Waals surface area contributed by atoms with Crippen LogP contribution in [0, 0.1) is 5.41 Å². The number of nitrogens with zero attached hydrogens (tertiary/aromatic N) is 3. The van der Waals surface area contributed by atoms with E-state index in [9.17, 15) is 19.8 Å². The maximum atomic E-state index is 12.4. The van der Waals surface area contributed by atoms with Crippen molar-refractivity contribution in [2.24, 2.45) is 5.41 Å². The van der Waals surface area contributed by atoms with E-state index in [0.717, 1.165) is 0 Å². The minimum absolute atomic E-state index is 0.0918. The summed E-state index contributed by atoms with van der Waals surface area (Å²) in [6.07, 6.45) is 1.44. The Morgan fingerprint density at radius 3 is 2.54 bits per heavy atom. The molecule has 0 radical (unpaired) electrons. The standard InChI is InChI=1S/C21H21N3O4/c1-21(2,3)19-11-24-16(8-14(22-24)12-6-4-5-7-17(12)25)15-9-18(26)13(20(27)28)10-23(15)19/h4-10,19,25H,11H2,1-3H3,(H,27,28)/t19-/m0/s1. The van der Waals surface area contributed by atoms with Gasteiger partial charge in [0.05, 0.1) is 29.7 Å². The number of pyridine rings is 1. The van der Waals surface area contributed by atoms with Crippen molar-refractivity contribution in [1.29, 1.82) is 0 Å². The number of hydrogen-bond donors (Lipinski definition) is 2. The summed E-state index contributed by atoms with van der Waals surface area (Å²) in [4.78, 5) is 23.8. The van der Waals surface area contributed by atoms with Gasteiger partial charge in [-0.15, -0.1) is 0 Å². The molecular formula is C21H21N3O4. The molecule has 4 rings (SSSR count). The predicted octanol–water partition coefficient (Wildman–Crippen LogP) is 3.38. The van der Waals surface area contributed by atoms with Gasteiger partial charge in [0.1, 0.15) is 11.3 Å². The third-order valence-electron chi connectivity index (χ3n) is 5.21. The molecule has 1 aliphatic rings. The first-order valence-corrected chi connectivity index (χ1v) is 9.03. The normalized spacial score (nSPS) is 15.8. The number of fused-ring (bicyclic) bond motifs is 3. The van der Waals surface area contributed by atoms with Crippen LogP contribution < -0.4 is 5.43 Å². The summed E-state index contributed by atoms with van der Waals surface area (Å²) >= 11 is 0. The smallest absolute Gasteiger partial charge is 0.341 e. The number of carbonyl (C=O) groups is 1. The lowest BCUT2D eigenvalue weighted by molar-refractivity contribution is 0.0693. The van der Waals surface area contributed by atoms with Gasteiger partial charge in [-0.25, -0.2) is 4.79 Å². The Hall–Kier alpha value is -3.35. The average molecular weight is 379 g/mol. The van der Waals surface area contributed by atoms with Crippen LogP contribution in [0.1, 0.15) is 37.2 Å². The third-order valence-corrected chi connectivity index (χ3v) is 5.21. The van der Waals surface area contributed by atoms with Gasteiger partial charge in [0.25, 0.3) is 0 Å². The first kappa shape index (κ1) is 18.0. The van der Waals surface area contributed by atoms with E-state index < -0.39 is 11.4 Å². The molecule has 28 heavy (non-hydrogen) atoms. The summed E-state index contributed by atoms with van der Waals surface area (Å²) in [5.41, 5.74) is 1.56. The van der Waals surface area contributed by atoms with E-state index in [1.165, 1.54) is 12.3 Å². The van der Waals surface area contributed by atoms with Crippen LogP contribution >= 0.6 is 0 Å². The molecule has 1 aliphatic heterocycles. The molecule has 1 atom stereocenters. The molecule has 0 bridgehead atoms. The zero-order valence-electron chi connectivity index (χ0n) is 15.9. The number of phenolic OH excluding ortho intramolecular Hbond substituents is 1. The molecule has 2 N–H and O–H groups in total. The number of benzene rings is 1. The Morgan fingerprint density at radius 1 is 1.18 bits per heavy atom. The molecule has 0 amide bonds. The first-order chi connectivity index (χ1) is 13.2. The Bertz CT molecular complexity index is 1150. The second-order valence-corrected chi connectivity index (χ2v) is 8.14. The predicted molar refractivity (Wildman–Crippen MR) is 104 cm³/mol. The number of carboxylic acids is 1. The lowest BCUT2D eigenvalue weighted by Gasteiger charge is -2.38. The van der Waals surface area contributed by atoms with Crippen molar-refractivity contribution in [2.75, 3.05) is 0 Å². The monoisotopic (exact) mass is 379 g/mol. The van der Waals surface area contributed by atoms with Gasteiger partial charge < -0.3 is 14.8 Å². The Balaban J connectivity index is 1.96. The number of aromatic carboxylic acids is 1. The SMILES string of the molecule is CC(C)(C)[C@@H]1Cn2nc(-c3ccccc3O)cc2-c2cc(=O)c(C(=O)O)cn21. The molecule has 7 nitrogen and oxygen atoms in total. The van der Waals surface area contributed by atoms with Gasteiger partial charge in [-0.2, -0.15) is 5.10 Å². The van der Waals surface area contributed by atoms with Crippen molar-refractivity contribution in [3.8, 4) is 28.4 Å². The van der Waals surface area contributed by atoms with Crippen molar-refractivity contribution < 1.29 is 15.0 Å². The van der Waals surface area contributed by atoms with Gasteiger partial charge in [-0.1, -0.05) is 32.9 Å². The van der Waals surface area contributed by atoms with Gasteiger partial charge in [-0.3, -0.25) is 9.48 Å². The number of rotatable bonds is 2. The molecule has 0 fully saturated rings. The van der Waals surface area contributed by atoms with Crippen molar-refractivity contribution in [3.05, 3.63) is 58.4 Å². The molecule has 0 aliphatic carbocycles. The maximum absolute atomic E-state index is 12.4. The fourth-order valence-electron chi connectivity index (χ4n) is 3.70. The van der Waals surface area contributed by atoms with Crippen molar-refractivity contribution in [1.82, 2.24) is 14.3 Å². The fraction of sp³-hybridized carbons (Fsp3) is 0.286. The molecule has 0 unspecified atom stereocenters. The van der Waals surface area contributed by atoms with E-state index >= 15 is 0 Å². The number of hydrogen-bond acceptors (Lipinski definition) is 4. The maximum Gasteiger partial charge on any atom is 0.341 e. The summed E-state index contributed by atoms with van der Waals surface area (Å²) in [5, 5.41) is 24.2. The third kappa shape index (κ3) is 2.79. The van der Waals surface area contributed by atoms with Crippen molar-refractivity contribution >= 4 is 5.97 Å². The summed E-state index contributed by atoms with van der Waals surface area (Å²) in [7, 11) is 0. The number of aromatic nitrogens is 3. The van der Waals surface area contributed by atoms with E-state index in [-0.39, 0.29) is 22.8 Å². The largest absolute Gasteiger partial charge is 0.507 e. The summed E-state index contributed by atoms with van der Waals surface area (Å²) in [6.45, 7) is 6.73. The van der Waals surface area contributed by atoms with E-state index in [0.29, 0.717) is 29.2 Å². The van der Waals surface area contributed by atoms with Gasteiger partial charge in [-0.05, 0) is 23.6 Å². The lowest BCUT2D eigenvalue weighted by Crippen LogP contribution is -2.35. The van der Waals surface area contributed by atoms with Crippen LogP contribution in [-0.2, 0) is 6.54 Å². The van der Waals surface area contributed by atoms with Crippen LogP contribution in [0.5, 0.6) is 5.75 Å². The van der Waals surface area contributed by atoms with Gasteiger partial charge in [0.15, 0.2) is 5.43 Å². The molecule has 3 aromatic rings. The summed E-state index contributed by atoms with van der Waals surface area (Å²) < 4.78 is 3.70. The summed E-state index contributed by atoms with van der Waals surface area (Å²) in [6, 6.07) is 10.0. The molecule has 2 aromatic heterocycles. The topological polar surface area (TPSA) is 97.3 Å². The molecule has 0 saturated carbocycles. The fourth-order valence-corrected chi connectivity index (χ4v) is 3.70. The van der Waals surface area contributed by atoms with Gasteiger partial charge in [0, 0.05) is 17.8 Å². The minimum atomic E-state index is -1.23. The Morgan fingerprint density at radius 2 is 1.89 bits per heavy atom. The molecular weight excluding hydrogens is 358 g/mol. The molecule has 1 aromatic carbocycles. The van der Waals surface area contributed by atoms with Crippen LogP contribution in [0.4, 0.5) is 0 Å². The van der Waals surface area contributed by atoms with Gasteiger partial charge in [0.2, 0.25) is 0 Å². The van der Waals surface area contributed by atoms with E-state index in [1.54, 1.807) is 18.2 Å². The average Bonchev–Trinajstić information content (AvgIpc) is 3.04. The highest BCUT2D eigenvalue weighted by Crippen LogP contribution is 2.41. The van der Waals surface area contributed by atoms with Crippen LogP contribution in [-0.4, -0.2) is 30.5 Å². The molecule has 0 spiro atoms. The quantitative estimate of drug-likeness (QED) is 0.711. The van der Waals surface area contributed by atoms with Crippen molar-refractivity contribution in [3.63, 3.8) is 0 Å². The van der Waals surface area contributed by atoms with E-state index in [4.69, 9.17) is 0 Å². The minimum Gasteiger partial charge on any atom is -0.507 e. The second kappa shape index (κ2) is 6.09. The van der Waals surface area contributed by atoms with Crippen LogP contribution in [0.25, 0.3) is 22.6 Å². The zero-order chi connectivity index (χ0) is 20.2. The highest BCUT2D eigenvalue weighted by Gasteiger charge is 2.34. The van der Waals surface area contributed by atoms with Crippen LogP contribution in [0.2, 0.25) is 0 Å². The molecule has 0 saturated heterocycles. The molecule has 144 valence electrons. The molecule has 7 heteroatoms. The summed E-state index contributed by atoms with van der Waals surface area (Å²) in [5.74, 6) is -1.11. The number of aromatic hydroxyl groups is 1. The highest BCUT2D eigenvalue weighted by atomic mass is 16.4.